The van der Waals surface area contributed by atoms with Crippen molar-refractivity contribution in [1.29, 1.82) is 0 Å². The monoisotopic (exact) mass is 778 g/mol. The van der Waals surface area contributed by atoms with Crippen LogP contribution in [-0.2, 0) is 0 Å². The lowest BCUT2D eigenvalue weighted by Gasteiger charge is -2.52. The van der Waals surface area contributed by atoms with Crippen molar-refractivity contribution < 1.29 is 18.9 Å². The van der Waals surface area contributed by atoms with Crippen LogP contribution in [0.25, 0.3) is 32.6 Å². The van der Waals surface area contributed by atoms with Crippen LogP contribution in [0, 0.1) is 23.7 Å². The van der Waals surface area contributed by atoms with Gasteiger partial charge in [0.25, 0.3) is 0 Å². The highest BCUT2D eigenvalue weighted by atomic mass is 16.5. The molecule has 6 saturated heterocycles. The van der Waals surface area contributed by atoms with Gasteiger partial charge in [-0.25, -0.2) is 0 Å². The minimum absolute atomic E-state index is 0.180. The van der Waals surface area contributed by atoms with Gasteiger partial charge in [-0.2, -0.15) is 0 Å². The second kappa shape index (κ2) is 15.6. The average Bonchev–Trinajstić information content (AvgIpc) is 3.29. The van der Waals surface area contributed by atoms with E-state index in [0.717, 1.165) is 94.2 Å². The van der Waals surface area contributed by atoms with Gasteiger partial charge in [0.05, 0.1) is 48.1 Å². The van der Waals surface area contributed by atoms with Crippen molar-refractivity contribution in [1.82, 2.24) is 30.0 Å². The molecule has 300 valence electrons. The number of ether oxygens (including phenoxy) is 4. The Bertz CT molecular complexity index is 2280. The Balaban J connectivity index is 1.06. The average molecular weight is 779 g/mol. The number of hydrogen-bond donors (Lipinski definition) is 0. The van der Waals surface area contributed by atoms with Crippen LogP contribution in [-0.4, -0.2) is 82.4 Å². The molecule has 9 unspecified atom stereocenters. The molecule has 0 saturated carbocycles. The van der Waals surface area contributed by atoms with E-state index < -0.39 is 0 Å². The van der Waals surface area contributed by atoms with Gasteiger partial charge in [0, 0.05) is 47.4 Å². The first-order valence-corrected chi connectivity index (χ1v) is 21.5. The zero-order chi connectivity index (χ0) is 39.3. The highest BCUT2D eigenvalue weighted by Gasteiger charge is 2.46. The molecule has 12 rings (SSSR count). The van der Waals surface area contributed by atoms with E-state index in [1.165, 1.54) is 25.7 Å². The molecule has 6 aliphatic rings. The quantitative estimate of drug-likeness (QED) is 0.120. The van der Waals surface area contributed by atoms with Gasteiger partial charge in [0.2, 0.25) is 11.8 Å². The van der Waals surface area contributed by atoms with Crippen LogP contribution in [0.15, 0.2) is 85.2 Å². The third-order valence-electron chi connectivity index (χ3n) is 14.3. The molecule has 6 aromatic rings. The number of rotatable bonds is 12. The van der Waals surface area contributed by atoms with Crippen molar-refractivity contribution in [3.8, 4) is 23.3 Å². The number of fused-ring (bicyclic) bond motifs is 9. The van der Waals surface area contributed by atoms with Gasteiger partial charge in [-0.3, -0.25) is 19.8 Å². The Morgan fingerprint density at radius 1 is 0.603 bits per heavy atom. The number of hydrogen-bond acceptors (Lipinski definition) is 10. The van der Waals surface area contributed by atoms with Crippen LogP contribution >= 0.6 is 0 Å². The molecule has 6 fully saturated rings. The third kappa shape index (κ3) is 6.58. The Morgan fingerprint density at radius 2 is 1.07 bits per heavy atom. The number of aromatic nitrogens is 4. The first-order valence-electron chi connectivity index (χ1n) is 21.5. The van der Waals surface area contributed by atoms with Crippen molar-refractivity contribution in [3.63, 3.8) is 0 Å². The molecular weight excluding hydrogens is 725 g/mol. The van der Waals surface area contributed by atoms with Crippen LogP contribution in [0.3, 0.4) is 0 Å². The van der Waals surface area contributed by atoms with Crippen LogP contribution in [0.2, 0.25) is 0 Å². The van der Waals surface area contributed by atoms with Crippen molar-refractivity contribution in [2.75, 3.05) is 40.4 Å². The Labute approximate surface area is 340 Å². The molecule has 0 radical (unpaired) electrons. The zero-order valence-corrected chi connectivity index (χ0v) is 34.1. The minimum Gasteiger partial charge on any atom is -0.497 e. The van der Waals surface area contributed by atoms with Crippen molar-refractivity contribution >= 4 is 32.6 Å². The van der Waals surface area contributed by atoms with Crippen LogP contribution in [0.5, 0.6) is 23.3 Å². The molecule has 4 bridgehead atoms. The fraction of sp³-hybridized carbons (Fsp3) is 0.458. The molecule has 0 aliphatic carbocycles. The first kappa shape index (κ1) is 37.2. The van der Waals surface area contributed by atoms with E-state index in [2.05, 4.69) is 72.2 Å². The van der Waals surface area contributed by atoms with E-state index in [0.29, 0.717) is 35.4 Å². The van der Waals surface area contributed by atoms with E-state index in [4.69, 9.17) is 39.1 Å². The smallest absolute Gasteiger partial charge is 0.242 e. The summed E-state index contributed by atoms with van der Waals surface area (Å²) in [5.74, 6) is 5.39. The van der Waals surface area contributed by atoms with E-state index in [1.807, 2.05) is 36.7 Å². The topological polar surface area (TPSA) is 95.0 Å². The fourth-order valence-corrected chi connectivity index (χ4v) is 11.1. The van der Waals surface area contributed by atoms with Crippen molar-refractivity contribution in [2.45, 2.75) is 76.7 Å². The maximum atomic E-state index is 7.30. The van der Waals surface area contributed by atoms with Gasteiger partial charge >= 0.3 is 0 Å². The standard InChI is InChI=1S/C48H54N6O4/c1-5-29-27-53-21-17-31(29)23-43(53)45(35-15-19-49-41-13-11-33(55-3)25-39(35)41)57-47-37-9-7-8-10-38(37)48(52-51-47)58-46(44-24-32-18-22-54(44)28-30(32)6-2)36-16-20-50-42-14-12-34(56-4)26-40(36)42/h7-16,19-20,25-26,29-32,43-46H,5-6,17-18,21-24,27-28H2,1-4H3/t29?,30?,31?,32?,43?,44?,45-,46?/m1/s1. The van der Waals surface area contributed by atoms with E-state index >= 15 is 0 Å². The summed E-state index contributed by atoms with van der Waals surface area (Å²) in [6.45, 7) is 9.00. The molecule has 3 aromatic carbocycles. The molecule has 0 spiro atoms. The maximum absolute atomic E-state index is 7.30. The van der Waals surface area contributed by atoms with Gasteiger partial charge < -0.3 is 18.9 Å². The van der Waals surface area contributed by atoms with E-state index in [9.17, 15) is 0 Å². The largest absolute Gasteiger partial charge is 0.497 e. The van der Waals surface area contributed by atoms with Gasteiger partial charge in [-0.1, -0.05) is 38.8 Å². The zero-order valence-electron chi connectivity index (χ0n) is 34.1. The lowest BCUT2D eigenvalue weighted by Crippen LogP contribution is -2.56. The molecule has 6 aliphatic heterocycles. The van der Waals surface area contributed by atoms with Crippen LogP contribution in [0.4, 0.5) is 0 Å². The summed E-state index contributed by atoms with van der Waals surface area (Å²) in [5, 5.41) is 13.7. The van der Waals surface area contributed by atoms with Gasteiger partial charge in [0.15, 0.2) is 0 Å². The number of methoxy groups -OCH3 is 2. The summed E-state index contributed by atoms with van der Waals surface area (Å²) in [7, 11) is 3.42. The molecule has 3 aromatic heterocycles. The van der Waals surface area contributed by atoms with Gasteiger partial charge in [-0.05, 0) is 123 Å². The van der Waals surface area contributed by atoms with E-state index in [1.54, 1.807) is 14.2 Å². The second-order valence-electron chi connectivity index (χ2n) is 17.0. The lowest BCUT2D eigenvalue weighted by atomic mass is 9.72. The molecule has 58 heavy (non-hydrogen) atoms. The Morgan fingerprint density at radius 3 is 1.47 bits per heavy atom. The molecular formula is C48H54N6O4. The van der Waals surface area contributed by atoms with Crippen LogP contribution < -0.4 is 18.9 Å². The van der Waals surface area contributed by atoms with Gasteiger partial charge in [-0.15, -0.1) is 10.2 Å². The lowest BCUT2D eigenvalue weighted by molar-refractivity contribution is -0.0505. The molecule has 0 N–H and O–H groups in total. The maximum Gasteiger partial charge on any atom is 0.242 e. The Hall–Kier alpha value is -5.06. The summed E-state index contributed by atoms with van der Waals surface area (Å²) in [6, 6.07) is 25.1. The SMILES string of the molecule is CCC1CN2CCC1CC2C(Oc1nnc(O[C@H](c2ccnc3ccc(OC)cc23)C2CC3CCN2CC3CC)c2ccccc12)c1ccnc2ccc(OC)cc12. The number of nitrogens with zero attached hydrogens (tertiary/aromatic N) is 6. The fourth-order valence-electron chi connectivity index (χ4n) is 11.1. The first-order chi connectivity index (χ1) is 28.5. The minimum atomic E-state index is -0.300. The summed E-state index contributed by atoms with van der Waals surface area (Å²) >= 11 is 0. The predicted molar refractivity (Wildman–Crippen MR) is 227 cm³/mol. The summed E-state index contributed by atoms with van der Waals surface area (Å²) in [5.41, 5.74) is 4.01. The molecule has 10 nitrogen and oxygen atoms in total. The predicted octanol–water partition coefficient (Wildman–Crippen LogP) is 9.22. The normalized spacial score (nSPS) is 27.4. The van der Waals surface area contributed by atoms with Crippen molar-refractivity contribution in [2.24, 2.45) is 23.7 Å². The third-order valence-corrected chi connectivity index (χ3v) is 14.3. The van der Waals surface area contributed by atoms with Crippen molar-refractivity contribution in [3.05, 3.63) is 96.3 Å². The summed E-state index contributed by atoms with van der Waals surface area (Å²) in [6.07, 6.45) is 10.2. The number of benzene rings is 3. The highest BCUT2D eigenvalue weighted by molar-refractivity contribution is 5.91. The molecule has 9 heterocycles. The summed E-state index contributed by atoms with van der Waals surface area (Å²) in [4.78, 5) is 14.8. The second-order valence-corrected chi connectivity index (χ2v) is 17.0. The summed E-state index contributed by atoms with van der Waals surface area (Å²) < 4.78 is 26.0. The van der Waals surface area contributed by atoms with E-state index in [-0.39, 0.29) is 24.3 Å². The van der Waals surface area contributed by atoms with Gasteiger partial charge in [0.1, 0.15) is 23.7 Å². The molecule has 10 heteroatoms. The molecule has 10 atom stereocenters. The molecule has 0 amide bonds. The Kier molecular flexibility index (Phi) is 10.0. The van der Waals surface area contributed by atoms with Crippen LogP contribution in [0.1, 0.15) is 75.7 Å². The number of pyridine rings is 2. The highest BCUT2D eigenvalue weighted by Crippen LogP contribution is 2.47. The number of piperidine rings is 6.